The highest BCUT2D eigenvalue weighted by atomic mass is 19.1. The highest BCUT2D eigenvalue weighted by Crippen LogP contribution is 2.20. The molecule has 0 saturated heterocycles. The second-order valence-corrected chi connectivity index (χ2v) is 4.40. The maximum Gasteiger partial charge on any atom is 0.303 e. The molecule has 110 valence electrons. The van der Waals surface area contributed by atoms with Crippen LogP contribution >= 0.6 is 0 Å². The van der Waals surface area contributed by atoms with Crippen LogP contribution in [0.1, 0.15) is 31.4 Å². The Morgan fingerprint density at radius 3 is 2.40 bits per heavy atom. The molecule has 0 radical (unpaired) electrons. The van der Waals surface area contributed by atoms with Crippen LogP contribution in [-0.4, -0.2) is 23.0 Å². The number of amides is 1. The summed E-state index contributed by atoms with van der Waals surface area (Å²) in [6.07, 6.45) is -0.301. The van der Waals surface area contributed by atoms with E-state index in [0.29, 0.717) is 0 Å². The highest BCUT2D eigenvalue weighted by Gasteiger charge is 2.21. The molecule has 1 rings (SSSR count). The van der Waals surface area contributed by atoms with Crippen LogP contribution in [0.15, 0.2) is 18.2 Å². The number of aliphatic carboxylic acids is 1. The molecule has 20 heavy (non-hydrogen) atoms. The first-order chi connectivity index (χ1) is 9.32. The molecule has 0 fully saturated rings. The molecule has 0 saturated carbocycles. The number of carbonyl (C=O) groups is 2. The lowest BCUT2D eigenvalue weighted by atomic mass is 10.1. The second kappa shape index (κ2) is 6.95. The number of carboxylic acids is 1. The van der Waals surface area contributed by atoms with Gasteiger partial charge in [-0.1, -0.05) is 6.07 Å². The molecule has 0 bridgehead atoms. The van der Waals surface area contributed by atoms with E-state index >= 15 is 0 Å². The minimum absolute atomic E-state index is 0.0480. The highest BCUT2D eigenvalue weighted by molar-refractivity contribution is 5.82. The Morgan fingerprint density at radius 1 is 1.35 bits per heavy atom. The average Bonchev–Trinajstić information content (AvgIpc) is 2.35. The van der Waals surface area contributed by atoms with Crippen molar-refractivity contribution < 1.29 is 23.5 Å². The molecule has 0 spiro atoms. The first kappa shape index (κ1) is 16.0. The predicted molar refractivity (Wildman–Crippen MR) is 67.8 cm³/mol. The molecule has 0 heterocycles. The van der Waals surface area contributed by atoms with E-state index in [1.54, 1.807) is 0 Å². The van der Waals surface area contributed by atoms with Crippen LogP contribution in [0, 0.1) is 11.6 Å². The molecule has 2 atom stereocenters. The van der Waals surface area contributed by atoms with Crippen LogP contribution in [-0.2, 0) is 9.59 Å². The van der Waals surface area contributed by atoms with Gasteiger partial charge in [-0.05, 0) is 25.5 Å². The van der Waals surface area contributed by atoms with Gasteiger partial charge in [0.15, 0.2) is 0 Å². The van der Waals surface area contributed by atoms with Gasteiger partial charge in [-0.25, -0.2) is 8.78 Å². The van der Waals surface area contributed by atoms with E-state index in [0.717, 1.165) is 12.1 Å². The Balaban J connectivity index is 2.68. The van der Waals surface area contributed by atoms with Gasteiger partial charge < -0.3 is 16.2 Å². The molecule has 1 aromatic carbocycles. The number of rotatable bonds is 6. The van der Waals surface area contributed by atoms with E-state index in [1.807, 2.05) is 0 Å². The quantitative estimate of drug-likeness (QED) is 0.735. The molecule has 0 aliphatic heterocycles. The molecule has 0 aromatic heterocycles. The van der Waals surface area contributed by atoms with Gasteiger partial charge in [-0.15, -0.1) is 0 Å². The van der Waals surface area contributed by atoms with E-state index in [1.165, 1.54) is 13.0 Å². The minimum Gasteiger partial charge on any atom is -0.481 e. The zero-order valence-electron chi connectivity index (χ0n) is 10.9. The Labute approximate surface area is 114 Å². The van der Waals surface area contributed by atoms with Gasteiger partial charge in [0.25, 0.3) is 0 Å². The lowest BCUT2D eigenvalue weighted by molar-refractivity contribution is -0.137. The van der Waals surface area contributed by atoms with Crippen LogP contribution in [0.5, 0.6) is 0 Å². The topological polar surface area (TPSA) is 92.4 Å². The third-order valence-corrected chi connectivity index (χ3v) is 2.80. The fourth-order valence-electron chi connectivity index (χ4n) is 1.73. The van der Waals surface area contributed by atoms with Crippen molar-refractivity contribution in [2.24, 2.45) is 5.73 Å². The lowest BCUT2D eigenvalue weighted by Gasteiger charge is -2.18. The summed E-state index contributed by atoms with van der Waals surface area (Å²) in [6, 6.07) is 1.46. The third kappa shape index (κ3) is 4.27. The molecule has 0 aliphatic carbocycles. The fraction of sp³-hybridized carbons (Fsp3) is 0.385. The average molecular weight is 286 g/mol. The summed E-state index contributed by atoms with van der Waals surface area (Å²) in [6.45, 7) is 1.42. The smallest absolute Gasteiger partial charge is 0.303 e. The largest absolute Gasteiger partial charge is 0.481 e. The first-order valence-corrected chi connectivity index (χ1v) is 6.04. The van der Waals surface area contributed by atoms with Crippen molar-refractivity contribution in [3.8, 4) is 0 Å². The first-order valence-electron chi connectivity index (χ1n) is 6.04. The number of benzene rings is 1. The summed E-state index contributed by atoms with van der Waals surface area (Å²) in [4.78, 5) is 22.1. The van der Waals surface area contributed by atoms with Crippen molar-refractivity contribution in [1.82, 2.24) is 5.32 Å². The number of nitrogens with two attached hydrogens (primary N) is 1. The van der Waals surface area contributed by atoms with Gasteiger partial charge in [0.05, 0.1) is 12.1 Å². The van der Waals surface area contributed by atoms with Crippen LogP contribution in [0.25, 0.3) is 0 Å². The molecule has 5 nitrogen and oxygen atoms in total. The standard InChI is InChI=1S/C13H16F2N2O3/c1-7(12-8(14)3-2-4-9(12)15)17-13(20)10(16)5-6-11(18)19/h2-4,7,10H,5-6,16H2,1H3,(H,17,20)(H,18,19). The molecule has 2 unspecified atom stereocenters. The van der Waals surface area contributed by atoms with Crippen molar-refractivity contribution in [3.05, 3.63) is 35.4 Å². The van der Waals surface area contributed by atoms with Gasteiger partial charge >= 0.3 is 5.97 Å². The summed E-state index contributed by atoms with van der Waals surface area (Å²) in [7, 11) is 0. The maximum absolute atomic E-state index is 13.5. The van der Waals surface area contributed by atoms with Gasteiger partial charge in [0.2, 0.25) is 5.91 Å². The SMILES string of the molecule is CC(NC(=O)C(N)CCC(=O)O)c1c(F)cccc1F. The number of hydrogen-bond donors (Lipinski definition) is 3. The third-order valence-electron chi connectivity index (χ3n) is 2.80. The van der Waals surface area contributed by atoms with E-state index in [4.69, 9.17) is 10.8 Å². The van der Waals surface area contributed by atoms with Crippen molar-refractivity contribution in [2.75, 3.05) is 0 Å². The maximum atomic E-state index is 13.5. The number of carboxylic acid groups (broad SMARTS) is 1. The Hall–Kier alpha value is -2.02. The van der Waals surface area contributed by atoms with Crippen LogP contribution in [0.4, 0.5) is 8.78 Å². The molecule has 7 heteroatoms. The van der Waals surface area contributed by atoms with Crippen LogP contribution in [0.2, 0.25) is 0 Å². The number of halogens is 2. The number of carbonyl (C=O) groups excluding carboxylic acids is 1. The molecule has 0 aliphatic rings. The fourth-order valence-corrected chi connectivity index (χ4v) is 1.73. The van der Waals surface area contributed by atoms with E-state index in [9.17, 15) is 18.4 Å². The number of hydrogen-bond acceptors (Lipinski definition) is 3. The summed E-state index contributed by atoms with van der Waals surface area (Å²) in [5.74, 6) is -3.25. The van der Waals surface area contributed by atoms with Crippen LogP contribution in [0.3, 0.4) is 0 Å². The Kier molecular flexibility index (Phi) is 5.57. The monoisotopic (exact) mass is 286 g/mol. The van der Waals surface area contributed by atoms with Gasteiger partial charge in [0, 0.05) is 12.0 Å². The summed E-state index contributed by atoms with van der Waals surface area (Å²) in [5.41, 5.74) is 5.25. The van der Waals surface area contributed by atoms with E-state index in [-0.39, 0.29) is 18.4 Å². The zero-order chi connectivity index (χ0) is 15.3. The van der Waals surface area contributed by atoms with Crippen molar-refractivity contribution in [3.63, 3.8) is 0 Å². The second-order valence-electron chi connectivity index (χ2n) is 4.40. The predicted octanol–water partition coefficient (Wildman–Crippen LogP) is 1.33. The Bertz CT molecular complexity index is 488. The zero-order valence-corrected chi connectivity index (χ0v) is 10.9. The molecule has 1 aromatic rings. The summed E-state index contributed by atoms with van der Waals surface area (Å²) < 4.78 is 27.0. The van der Waals surface area contributed by atoms with Gasteiger partial charge in [-0.3, -0.25) is 9.59 Å². The van der Waals surface area contributed by atoms with Crippen molar-refractivity contribution >= 4 is 11.9 Å². The van der Waals surface area contributed by atoms with E-state index in [2.05, 4.69) is 5.32 Å². The van der Waals surface area contributed by atoms with Gasteiger partial charge in [-0.2, -0.15) is 0 Å². The normalized spacial score (nSPS) is 13.6. The van der Waals surface area contributed by atoms with Crippen molar-refractivity contribution in [2.45, 2.75) is 31.8 Å². The molecule has 1 amide bonds. The minimum atomic E-state index is -1.07. The lowest BCUT2D eigenvalue weighted by Crippen LogP contribution is -2.42. The van der Waals surface area contributed by atoms with Crippen LogP contribution < -0.4 is 11.1 Å². The molecular formula is C13H16F2N2O3. The molecule has 4 N–H and O–H groups in total. The van der Waals surface area contributed by atoms with Gasteiger partial charge in [0.1, 0.15) is 11.6 Å². The summed E-state index contributed by atoms with van der Waals surface area (Å²) >= 11 is 0. The van der Waals surface area contributed by atoms with Crippen molar-refractivity contribution in [1.29, 1.82) is 0 Å². The molecular weight excluding hydrogens is 270 g/mol. The summed E-state index contributed by atoms with van der Waals surface area (Å²) in [5, 5.41) is 10.9. The Morgan fingerprint density at radius 2 is 1.90 bits per heavy atom. The number of nitrogens with one attached hydrogen (secondary N) is 1. The van der Waals surface area contributed by atoms with E-state index < -0.39 is 35.6 Å².